The van der Waals surface area contributed by atoms with Crippen molar-refractivity contribution in [3.63, 3.8) is 0 Å². The maximum absolute atomic E-state index is 12.2. The van der Waals surface area contributed by atoms with Crippen molar-refractivity contribution in [1.82, 2.24) is 4.90 Å². The number of benzene rings is 1. The van der Waals surface area contributed by atoms with Crippen molar-refractivity contribution in [2.24, 2.45) is 5.92 Å². The first kappa shape index (κ1) is 16.0. The third-order valence-corrected chi connectivity index (χ3v) is 4.45. The van der Waals surface area contributed by atoms with Gasteiger partial charge in [0.1, 0.15) is 0 Å². The van der Waals surface area contributed by atoms with E-state index in [0.29, 0.717) is 23.8 Å². The van der Waals surface area contributed by atoms with Gasteiger partial charge in [0.25, 0.3) is 0 Å². The van der Waals surface area contributed by atoms with Crippen LogP contribution in [0.15, 0.2) is 18.2 Å². The minimum absolute atomic E-state index is 0.0607. The van der Waals surface area contributed by atoms with Gasteiger partial charge in [0, 0.05) is 18.8 Å². The highest BCUT2D eigenvalue weighted by molar-refractivity contribution is 6.18. The summed E-state index contributed by atoms with van der Waals surface area (Å²) in [5.74, 6) is 2.36. The molecule has 116 valence electrons. The molecular weight excluding hydrogens is 290 g/mol. The predicted octanol–water partition coefficient (Wildman–Crippen LogP) is 3.24. The lowest BCUT2D eigenvalue weighted by atomic mass is 10.0. The topological polar surface area (TPSA) is 38.8 Å². The Kier molecular flexibility index (Phi) is 5.34. The predicted molar refractivity (Wildman–Crippen MR) is 83.1 cm³/mol. The number of ether oxygens (including phenoxy) is 2. The number of carbonyl (C=O) groups excluding carboxylic acids is 1. The van der Waals surface area contributed by atoms with Gasteiger partial charge in [-0.15, -0.1) is 11.6 Å². The number of alkyl halides is 1. The maximum atomic E-state index is 12.2. The summed E-state index contributed by atoms with van der Waals surface area (Å²) in [6.07, 6.45) is 1.41. The van der Waals surface area contributed by atoms with Crippen LogP contribution in [0.4, 0.5) is 0 Å². The Hall–Kier alpha value is -1.42. The molecule has 1 aromatic carbocycles. The molecule has 0 aliphatic carbocycles. The average molecular weight is 312 g/mol. The normalized spacial score (nSPS) is 19.7. The minimum Gasteiger partial charge on any atom is -0.493 e. The molecule has 0 saturated carbocycles. The fourth-order valence-electron chi connectivity index (χ4n) is 2.91. The number of nitrogens with zero attached hydrogens (tertiary/aromatic N) is 1. The van der Waals surface area contributed by atoms with E-state index in [1.165, 1.54) is 0 Å². The molecule has 1 aromatic rings. The number of amides is 1. The molecule has 0 N–H and O–H groups in total. The Morgan fingerprint density at radius 2 is 2.05 bits per heavy atom. The molecule has 0 spiro atoms. The molecule has 1 amide bonds. The molecule has 0 radical (unpaired) electrons. The summed E-state index contributed by atoms with van der Waals surface area (Å²) < 4.78 is 10.6. The number of hydrogen-bond donors (Lipinski definition) is 0. The quantitative estimate of drug-likeness (QED) is 0.757. The van der Waals surface area contributed by atoms with Crippen LogP contribution in [0.3, 0.4) is 0 Å². The molecule has 0 bridgehead atoms. The van der Waals surface area contributed by atoms with E-state index in [9.17, 15) is 4.79 Å². The Morgan fingerprint density at radius 3 is 2.57 bits per heavy atom. The van der Waals surface area contributed by atoms with Gasteiger partial charge in [-0.05, 0) is 30.0 Å². The van der Waals surface area contributed by atoms with Gasteiger partial charge in [0.05, 0.1) is 20.3 Å². The lowest BCUT2D eigenvalue weighted by Gasteiger charge is -2.28. The van der Waals surface area contributed by atoms with Crippen LogP contribution in [0.5, 0.6) is 11.5 Å². The van der Waals surface area contributed by atoms with Crippen LogP contribution in [0.25, 0.3) is 0 Å². The second-order valence-electron chi connectivity index (χ2n) is 5.31. The first-order chi connectivity index (χ1) is 10.1. The molecule has 1 fully saturated rings. The lowest BCUT2D eigenvalue weighted by molar-refractivity contribution is -0.129. The molecule has 5 heteroatoms. The first-order valence-electron chi connectivity index (χ1n) is 7.21. The first-order valence-corrected chi connectivity index (χ1v) is 7.75. The van der Waals surface area contributed by atoms with Crippen molar-refractivity contribution in [1.29, 1.82) is 0 Å². The number of hydrogen-bond acceptors (Lipinski definition) is 3. The fourth-order valence-corrected chi connectivity index (χ4v) is 3.12. The highest BCUT2D eigenvalue weighted by Crippen LogP contribution is 2.36. The standard InChI is InChI=1S/C16H22ClNO3/c1-4-13(18-10-11(9-17)7-16(18)19)12-5-6-14(20-2)15(8-12)21-3/h5-6,8,11,13H,4,7,9-10H2,1-3H3. The average Bonchev–Trinajstić information content (AvgIpc) is 2.89. The summed E-state index contributed by atoms with van der Waals surface area (Å²) >= 11 is 5.90. The Morgan fingerprint density at radius 1 is 1.33 bits per heavy atom. The van der Waals surface area contributed by atoms with Crippen molar-refractivity contribution in [3.05, 3.63) is 23.8 Å². The Bertz CT molecular complexity index is 506. The largest absolute Gasteiger partial charge is 0.493 e. The van der Waals surface area contributed by atoms with E-state index >= 15 is 0 Å². The van der Waals surface area contributed by atoms with Gasteiger partial charge in [-0.2, -0.15) is 0 Å². The van der Waals surface area contributed by atoms with Crippen molar-refractivity contribution in [3.8, 4) is 11.5 Å². The van der Waals surface area contributed by atoms with E-state index < -0.39 is 0 Å². The molecule has 2 rings (SSSR count). The minimum atomic E-state index is 0.0607. The SMILES string of the molecule is CCC(c1ccc(OC)c(OC)c1)N1CC(CCl)CC1=O. The maximum Gasteiger partial charge on any atom is 0.223 e. The monoisotopic (exact) mass is 311 g/mol. The highest BCUT2D eigenvalue weighted by Gasteiger charge is 2.34. The van der Waals surface area contributed by atoms with Crippen molar-refractivity contribution in [2.75, 3.05) is 26.6 Å². The van der Waals surface area contributed by atoms with Crippen LogP contribution in [0, 0.1) is 5.92 Å². The van der Waals surface area contributed by atoms with E-state index in [1.54, 1.807) is 14.2 Å². The second kappa shape index (κ2) is 7.03. The van der Waals surface area contributed by atoms with Crippen molar-refractivity contribution < 1.29 is 14.3 Å². The van der Waals surface area contributed by atoms with E-state index in [-0.39, 0.29) is 17.9 Å². The Labute approximate surface area is 131 Å². The molecule has 2 atom stereocenters. The van der Waals surface area contributed by atoms with Gasteiger partial charge < -0.3 is 14.4 Å². The summed E-state index contributed by atoms with van der Waals surface area (Å²) in [5.41, 5.74) is 1.07. The molecule has 1 heterocycles. The Balaban J connectivity index is 2.27. The number of carbonyl (C=O) groups is 1. The number of rotatable bonds is 6. The van der Waals surface area contributed by atoms with Crippen LogP contribution in [-0.2, 0) is 4.79 Å². The summed E-state index contributed by atoms with van der Waals surface area (Å²) in [7, 11) is 3.23. The van der Waals surface area contributed by atoms with Crippen molar-refractivity contribution in [2.45, 2.75) is 25.8 Å². The van der Waals surface area contributed by atoms with Gasteiger partial charge >= 0.3 is 0 Å². The van der Waals surface area contributed by atoms with Crippen LogP contribution >= 0.6 is 11.6 Å². The number of likely N-dealkylation sites (tertiary alicyclic amines) is 1. The molecule has 1 aliphatic heterocycles. The molecule has 1 saturated heterocycles. The lowest BCUT2D eigenvalue weighted by Crippen LogP contribution is -2.30. The third-order valence-electron chi connectivity index (χ3n) is 4.01. The van der Waals surface area contributed by atoms with E-state index in [2.05, 4.69) is 6.92 Å². The van der Waals surface area contributed by atoms with E-state index in [0.717, 1.165) is 18.5 Å². The van der Waals surface area contributed by atoms with Gasteiger partial charge in [-0.25, -0.2) is 0 Å². The van der Waals surface area contributed by atoms with Gasteiger partial charge in [0.2, 0.25) is 5.91 Å². The zero-order valence-electron chi connectivity index (χ0n) is 12.8. The zero-order chi connectivity index (χ0) is 15.4. The number of halogens is 1. The molecule has 0 aromatic heterocycles. The van der Waals surface area contributed by atoms with Gasteiger partial charge in [-0.1, -0.05) is 13.0 Å². The molecule has 4 nitrogen and oxygen atoms in total. The van der Waals surface area contributed by atoms with E-state index in [4.69, 9.17) is 21.1 Å². The van der Waals surface area contributed by atoms with Crippen LogP contribution in [0.2, 0.25) is 0 Å². The van der Waals surface area contributed by atoms with Crippen LogP contribution < -0.4 is 9.47 Å². The zero-order valence-corrected chi connectivity index (χ0v) is 13.5. The van der Waals surface area contributed by atoms with Crippen LogP contribution in [-0.4, -0.2) is 37.5 Å². The molecule has 1 aliphatic rings. The molecule has 21 heavy (non-hydrogen) atoms. The molecular formula is C16H22ClNO3. The third kappa shape index (κ3) is 3.26. The number of methoxy groups -OCH3 is 2. The van der Waals surface area contributed by atoms with Crippen molar-refractivity contribution >= 4 is 17.5 Å². The summed E-state index contributed by atoms with van der Waals surface area (Å²) in [6.45, 7) is 2.82. The van der Waals surface area contributed by atoms with Gasteiger partial charge in [0.15, 0.2) is 11.5 Å². The van der Waals surface area contributed by atoms with Crippen LogP contribution in [0.1, 0.15) is 31.4 Å². The smallest absolute Gasteiger partial charge is 0.223 e. The second-order valence-corrected chi connectivity index (χ2v) is 5.62. The van der Waals surface area contributed by atoms with E-state index in [1.807, 2.05) is 23.1 Å². The summed E-state index contributed by atoms with van der Waals surface area (Å²) in [6, 6.07) is 5.90. The summed E-state index contributed by atoms with van der Waals surface area (Å²) in [4.78, 5) is 14.1. The fraction of sp³-hybridized carbons (Fsp3) is 0.562. The highest BCUT2D eigenvalue weighted by atomic mass is 35.5. The summed E-state index contributed by atoms with van der Waals surface area (Å²) in [5, 5.41) is 0. The molecule has 2 unspecified atom stereocenters. The van der Waals surface area contributed by atoms with Gasteiger partial charge in [-0.3, -0.25) is 4.79 Å².